The smallest absolute Gasteiger partial charge is 0.135 e. The van der Waals surface area contributed by atoms with Gasteiger partial charge in [0.05, 0.1) is 5.60 Å². The SMILES string of the molecule is CC(=O)[C@@H]1CCC[C@]2(C)CCCC[C@]12O. The summed E-state index contributed by atoms with van der Waals surface area (Å²) in [7, 11) is 0. The molecule has 3 atom stereocenters. The van der Waals surface area contributed by atoms with Gasteiger partial charge in [0.2, 0.25) is 0 Å². The summed E-state index contributed by atoms with van der Waals surface area (Å²) in [6.45, 7) is 3.82. The zero-order chi connectivity index (χ0) is 11.1. The Morgan fingerprint density at radius 2 is 1.80 bits per heavy atom. The fraction of sp³-hybridized carbons (Fsp3) is 0.923. The first-order valence-corrected chi connectivity index (χ1v) is 6.22. The number of carbonyl (C=O) groups excluding carboxylic acids is 1. The van der Waals surface area contributed by atoms with Crippen LogP contribution in [0.3, 0.4) is 0 Å². The van der Waals surface area contributed by atoms with Crippen molar-refractivity contribution in [3.63, 3.8) is 0 Å². The molecule has 2 nitrogen and oxygen atoms in total. The van der Waals surface area contributed by atoms with Gasteiger partial charge < -0.3 is 5.11 Å². The van der Waals surface area contributed by atoms with Gasteiger partial charge in [0.1, 0.15) is 5.78 Å². The van der Waals surface area contributed by atoms with Crippen LogP contribution in [0.1, 0.15) is 58.8 Å². The maximum Gasteiger partial charge on any atom is 0.135 e. The first-order chi connectivity index (χ1) is 7.00. The molecule has 2 aliphatic rings. The van der Waals surface area contributed by atoms with Crippen molar-refractivity contribution in [3.8, 4) is 0 Å². The molecule has 0 aromatic heterocycles. The van der Waals surface area contributed by atoms with Gasteiger partial charge in [-0.2, -0.15) is 0 Å². The fourth-order valence-corrected chi connectivity index (χ4v) is 3.84. The Kier molecular flexibility index (Phi) is 2.66. The van der Waals surface area contributed by atoms with Crippen molar-refractivity contribution in [2.24, 2.45) is 11.3 Å². The predicted molar refractivity (Wildman–Crippen MR) is 59.5 cm³/mol. The highest BCUT2D eigenvalue weighted by Crippen LogP contribution is 2.55. The minimum atomic E-state index is -0.699. The number of ketones is 1. The van der Waals surface area contributed by atoms with E-state index in [4.69, 9.17) is 0 Å². The zero-order valence-corrected chi connectivity index (χ0v) is 9.88. The number of hydrogen-bond donors (Lipinski definition) is 1. The zero-order valence-electron chi connectivity index (χ0n) is 9.88. The van der Waals surface area contributed by atoms with Crippen molar-refractivity contribution in [3.05, 3.63) is 0 Å². The molecule has 0 radical (unpaired) electrons. The van der Waals surface area contributed by atoms with Crippen LogP contribution in [0, 0.1) is 11.3 Å². The lowest BCUT2D eigenvalue weighted by molar-refractivity contribution is -0.176. The monoisotopic (exact) mass is 210 g/mol. The van der Waals surface area contributed by atoms with E-state index in [9.17, 15) is 9.90 Å². The molecular formula is C13H22O2. The number of aliphatic hydroxyl groups is 1. The quantitative estimate of drug-likeness (QED) is 0.722. The Labute approximate surface area is 92.1 Å². The number of rotatable bonds is 1. The lowest BCUT2D eigenvalue weighted by Gasteiger charge is -2.55. The van der Waals surface area contributed by atoms with E-state index < -0.39 is 5.60 Å². The Morgan fingerprint density at radius 1 is 1.20 bits per heavy atom. The van der Waals surface area contributed by atoms with Gasteiger partial charge in [0.25, 0.3) is 0 Å². The number of carbonyl (C=O) groups is 1. The van der Waals surface area contributed by atoms with E-state index in [0.717, 1.165) is 38.5 Å². The number of Topliss-reactive ketones (excluding diaryl/α,β-unsaturated/α-hetero) is 1. The summed E-state index contributed by atoms with van der Waals surface area (Å²) < 4.78 is 0. The van der Waals surface area contributed by atoms with E-state index in [0.29, 0.717) is 0 Å². The topological polar surface area (TPSA) is 37.3 Å². The third-order valence-corrected chi connectivity index (χ3v) is 4.87. The van der Waals surface area contributed by atoms with Crippen molar-refractivity contribution < 1.29 is 9.90 Å². The lowest BCUT2D eigenvalue weighted by Crippen LogP contribution is -2.58. The summed E-state index contributed by atoms with van der Waals surface area (Å²) in [5, 5.41) is 10.9. The van der Waals surface area contributed by atoms with Gasteiger partial charge in [-0.15, -0.1) is 0 Å². The third kappa shape index (κ3) is 1.54. The molecular weight excluding hydrogens is 188 g/mol. The Balaban J connectivity index is 2.33. The molecule has 2 rings (SSSR count). The van der Waals surface area contributed by atoms with Crippen molar-refractivity contribution in [1.29, 1.82) is 0 Å². The average molecular weight is 210 g/mol. The number of hydrogen-bond acceptors (Lipinski definition) is 2. The molecule has 0 aromatic carbocycles. The molecule has 0 amide bonds. The van der Waals surface area contributed by atoms with Crippen molar-refractivity contribution in [2.75, 3.05) is 0 Å². The van der Waals surface area contributed by atoms with Gasteiger partial charge in [-0.05, 0) is 38.0 Å². The third-order valence-electron chi connectivity index (χ3n) is 4.87. The summed E-state index contributed by atoms with van der Waals surface area (Å²) in [6, 6.07) is 0. The summed E-state index contributed by atoms with van der Waals surface area (Å²) in [5.74, 6) is 0.0851. The van der Waals surface area contributed by atoms with Crippen LogP contribution >= 0.6 is 0 Å². The summed E-state index contributed by atoms with van der Waals surface area (Å²) in [5.41, 5.74) is -0.699. The van der Waals surface area contributed by atoms with E-state index in [1.54, 1.807) is 6.92 Å². The number of fused-ring (bicyclic) bond motifs is 1. The van der Waals surface area contributed by atoms with Gasteiger partial charge in [-0.25, -0.2) is 0 Å². The molecule has 0 unspecified atom stereocenters. The van der Waals surface area contributed by atoms with Crippen LogP contribution in [0.2, 0.25) is 0 Å². The van der Waals surface area contributed by atoms with E-state index in [2.05, 4.69) is 6.92 Å². The molecule has 1 N–H and O–H groups in total. The predicted octanol–water partition coefficient (Wildman–Crippen LogP) is 2.69. The van der Waals surface area contributed by atoms with Crippen molar-refractivity contribution >= 4 is 5.78 Å². The van der Waals surface area contributed by atoms with Gasteiger partial charge in [0.15, 0.2) is 0 Å². The second-order valence-corrected chi connectivity index (χ2v) is 5.75. The largest absolute Gasteiger partial charge is 0.389 e. The minimum absolute atomic E-state index is 0.000162. The van der Waals surface area contributed by atoms with Crippen molar-refractivity contribution in [2.45, 2.75) is 64.4 Å². The molecule has 0 heterocycles. The molecule has 15 heavy (non-hydrogen) atoms. The van der Waals surface area contributed by atoms with Gasteiger partial charge in [-0.1, -0.05) is 26.2 Å². The highest BCUT2D eigenvalue weighted by molar-refractivity contribution is 5.80. The standard InChI is InChI=1S/C13H22O2/c1-10(14)11-6-5-8-12(2)7-3-4-9-13(11,12)15/h11,15H,3-9H2,1-2H3/t11-,12-,13-/m0/s1. The first kappa shape index (κ1) is 11.1. The Bertz CT molecular complexity index is 270. The Morgan fingerprint density at radius 3 is 2.47 bits per heavy atom. The Hall–Kier alpha value is -0.370. The van der Waals surface area contributed by atoms with Gasteiger partial charge >= 0.3 is 0 Å². The molecule has 0 aliphatic heterocycles. The van der Waals surface area contributed by atoms with Gasteiger partial charge in [-0.3, -0.25) is 4.79 Å². The molecule has 0 spiro atoms. The molecule has 2 saturated carbocycles. The van der Waals surface area contributed by atoms with Gasteiger partial charge in [0, 0.05) is 5.92 Å². The second kappa shape index (κ2) is 3.58. The average Bonchev–Trinajstić information content (AvgIpc) is 2.17. The second-order valence-electron chi connectivity index (χ2n) is 5.75. The van der Waals surface area contributed by atoms with Crippen LogP contribution in [-0.4, -0.2) is 16.5 Å². The molecule has 0 aromatic rings. The molecule has 2 heteroatoms. The fourth-order valence-electron chi connectivity index (χ4n) is 3.84. The molecule has 2 fully saturated rings. The van der Waals surface area contributed by atoms with Crippen LogP contribution in [0.5, 0.6) is 0 Å². The van der Waals surface area contributed by atoms with Crippen LogP contribution in [0.4, 0.5) is 0 Å². The van der Waals surface area contributed by atoms with Crippen LogP contribution in [0.25, 0.3) is 0 Å². The highest BCUT2D eigenvalue weighted by atomic mass is 16.3. The normalized spacial score (nSPS) is 45.9. The summed E-state index contributed by atoms with van der Waals surface area (Å²) in [6.07, 6.45) is 7.29. The molecule has 0 saturated heterocycles. The van der Waals surface area contributed by atoms with E-state index in [1.807, 2.05) is 0 Å². The highest BCUT2D eigenvalue weighted by Gasteiger charge is 2.55. The van der Waals surface area contributed by atoms with E-state index in [-0.39, 0.29) is 17.1 Å². The van der Waals surface area contributed by atoms with Crippen LogP contribution < -0.4 is 0 Å². The van der Waals surface area contributed by atoms with Crippen LogP contribution in [0.15, 0.2) is 0 Å². The maximum atomic E-state index is 11.6. The van der Waals surface area contributed by atoms with E-state index in [1.165, 1.54) is 6.42 Å². The molecule has 2 aliphatic carbocycles. The van der Waals surface area contributed by atoms with E-state index >= 15 is 0 Å². The summed E-state index contributed by atoms with van der Waals surface area (Å²) in [4.78, 5) is 11.6. The first-order valence-electron chi connectivity index (χ1n) is 6.22. The van der Waals surface area contributed by atoms with Crippen molar-refractivity contribution in [1.82, 2.24) is 0 Å². The maximum absolute atomic E-state index is 11.6. The minimum Gasteiger partial charge on any atom is -0.389 e. The molecule has 0 bridgehead atoms. The lowest BCUT2D eigenvalue weighted by atomic mass is 9.53. The van der Waals surface area contributed by atoms with Crippen LogP contribution in [-0.2, 0) is 4.79 Å². The molecule has 86 valence electrons. The summed E-state index contributed by atoms with van der Waals surface area (Å²) >= 11 is 0.